The van der Waals surface area contributed by atoms with Gasteiger partial charge in [-0.1, -0.05) is 36.4 Å². The highest BCUT2D eigenvalue weighted by Gasteiger charge is 2.52. The average Bonchev–Trinajstić information content (AvgIpc) is 3.33. The molecular weight excluding hydrogens is 477 g/mol. The van der Waals surface area contributed by atoms with Crippen LogP contribution in [0.2, 0.25) is 0 Å². The minimum Gasteiger partial charge on any atom is -0.376 e. The Kier molecular flexibility index (Phi) is 5.25. The first-order valence-corrected chi connectivity index (χ1v) is 10.8. The van der Waals surface area contributed by atoms with Crippen LogP contribution in [0, 0.1) is 0 Å². The van der Waals surface area contributed by atoms with Crippen LogP contribution in [0.25, 0.3) is 11.0 Å². The number of halogens is 3. The molecule has 184 valence electrons. The first kappa shape index (κ1) is 23.4. The third-order valence-corrected chi connectivity index (χ3v) is 6.24. The molecular formula is C25H19F3N4O4. The SMILES string of the molecule is CC(c1cccc(C(F)(F)F)c1)N1C(=O)c2ccccc2C1(O)c1ccc2nc(OC(N)=O)[nH]c2c1. The number of nitrogens with zero attached hydrogens (tertiary/aromatic N) is 2. The number of alkyl halides is 3. The van der Waals surface area contributed by atoms with Crippen molar-refractivity contribution in [1.82, 2.24) is 14.9 Å². The number of benzene rings is 3. The molecule has 3 aromatic carbocycles. The number of imidazole rings is 1. The van der Waals surface area contributed by atoms with E-state index in [9.17, 15) is 27.9 Å². The van der Waals surface area contributed by atoms with Crippen LogP contribution in [-0.4, -0.2) is 32.0 Å². The molecule has 0 saturated carbocycles. The van der Waals surface area contributed by atoms with Gasteiger partial charge in [-0.05, 0) is 42.8 Å². The number of aliphatic hydroxyl groups is 1. The fourth-order valence-electron chi connectivity index (χ4n) is 4.60. The van der Waals surface area contributed by atoms with Gasteiger partial charge in [0.15, 0.2) is 5.72 Å². The average molecular weight is 496 g/mol. The van der Waals surface area contributed by atoms with Gasteiger partial charge in [-0.15, -0.1) is 0 Å². The Hall–Kier alpha value is -4.38. The topological polar surface area (TPSA) is 122 Å². The van der Waals surface area contributed by atoms with Crippen LogP contribution in [0.15, 0.2) is 66.7 Å². The first-order valence-electron chi connectivity index (χ1n) is 10.8. The van der Waals surface area contributed by atoms with E-state index in [-0.39, 0.29) is 28.3 Å². The molecule has 1 aliphatic heterocycles. The minimum absolute atomic E-state index is 0.154. The van der Waals surface area contributed by atoms with Crippen molar-refractivity contribution < 1.29 is 32.6 Å². The molecule has 0 aliphatic carbocycles. The number of aromatic amines is 1. The minimum atomic E-state index is -4.57. The largest absolute Gasteiger partial charge is 0.416 e. The van der Waals surface area contributed by atoms with E-state index in [0.717, 1.165) is 17.0 Å². The molecule has 11 heteroatoms. The third-order valence-electron chi connectivity index (χ3n) is 6.24. The summed E-state index contributed by atoms with van der Waals surface area (Å²) in [6, 6.07) is 14.6. The van der Waals surface area contributed by atoms with E-state index in [1.54, 1.807) is 43.3 Å². The van der Waals surface area contributed by atoms with Crippen molar-refractivity contribution in [2.24, 2.45) is 5.73 Å². The number of H-pyrrole nitrogens is 1. The van der Waals surface area contributed by atoms with E-state index in [1.165, 1.54) is 18.2 Å². The third kappa shape index (κ3) is 3.64. The maximum Gasteiger partial charge on any atom is 0.416 e. The van der Waals surface area contributed by atoms with Gasteiger partial charge >= 0.3 is 18.3 Å². The molecule has 4 N–H and O–H groups in total. The highest BCUT2D eigenvalue weighted by atomic mass is 19.4. The van der Waals surface area contributed by atoms with Crippen molar-refractivity contribution in [2.45, 2.75) is 24.9 Å². The van der Waals surface area contributed by atoms with E-state index in [1.807, 2.05) is 0 Å². The maximum atomic E-state index is 13.5. The number of primary amides is 1. The van der Waals surface area contributed by atoms with Gasteiger partial charge in [0.25, 0.3) is 5.91 Å². The van der Waals surface area contributed by atoms with E-state index in [2.05, 4.69) is 9.97 Å². The predicted octanol–water partition coefficient (Wildman–Crippen LogP) is 4.45. The molecule has 36 heavy (non-hydrogen) atoms. The lowest BCUT2D eigenvalue weighted by atomic mass is 9.92. The Morgan fingerprint density at radius 1 is 1.14 bits per heavy atom. The number of carbonyl (C=O) groups is 2. The van der Waals surface area contributed by atoms with Gasteiger partial charge in [0.1, 0.15) is 0 Å². The smallest absolute Gasteiger partial charge is 0.376 e. The molecule has 0 bridgehead atoms. The summed E-state index contributed by atoms with van der Waals surface area (Å²) in [5, 5.41) is 12.2. The summed E-state index contributed by atoms with van der Waals surface area (Å²) in [4.78, 5) is 32.6. The van der Waals surface area contributed by atoms with E-state index >= 15 is 0 Å². The Morgan fingerprint density at radius 2 is 1.89 bits per heavy atom. The Morgan fingerprint density at radius 3 is 2.61 bits per heavy atom. The van der Waals surface area contributed by atoms with Crippen LogP contribution >= 0.6 is 0 Å². The van der Waals surface area contributed by atoms with Crippen LogP contribution in [0.1, 0.15) is 45.6 Å². The van der Waals surface area contributed by atoms with Crippen LogP contribution in [0.4, 0.5) is 18.0 Å². The molecule has 2 amide bonds. The highest BCUT2D eigenvalue weighted by molar-refractivity contribution is 6.00. The summed E-state index contributed by atoms with van der Waals surface area (Å²) in [7, 11) is 0. The summed E-state index contributed by atoms with van der Waals surface area (Å²) < 4.78 is 44.9. The zero-order chi connectivity index (χ0) is 25.8. The fourth-order valence-corrected chi connectivity index (χ4v) is 4.60. The number of aromatic nitrogens is 2. The lowest BCUT2D eigenvalue weighted by Gasteiger charge is -2.39. The molecule has 8 nitrogen and oxygen atoms in total. The summed E-state index contributed by atoms with van der Waals surface area (Å²) >= 11 is 0. The number of amides is 2. The Balaban J connectivity index is 1.65. The number of nitrogens with two attached hydrogens (primary N) is 1. The zero-order valence-corrected chi connectivity index (χ0v) is 18.7. The highest BCUT2D eigenvalue weighted by Crippen LogP contribution is 2.47. The summed E-state index contributed by atoms with van der Waals surface area (Å²) in [6.45, 7) is 1.55. The van der Waals surface area contributed by atoms with E-state index < -0.39 is 35.5 Å². The molecule has 5 rings (SSSR count). The molecule has 2 heterocycles. The van der Waals surface area contributed by atoms with Crippen molar-refractivity contribution >= 4 is 23.0 Å². The van der Waals surface area contributed by atoms with Crippen molar-refractivity contribution in [3.05, 3.63) is 94.5 Å². The van der Waals surface area contributed by atoms with Gasteiger partial charge in [-0.3, -0.25) is 9.69 Å². The normalized spacial score (nSPS) is 18.4. The summed E-state index contributed by atoms with van der Waals surface area (Å²) in [5.74, 6) is -0.541. The van der Waals surface area contributed by atoms with Crippen LogP contribution < -0.4 is 10.5 Å². The lowest BCUT2D eigenvalue weighted by Crippen LogP contribution is -2.46. The van der Waals surface area contributed by atoms with Gasteiger partial charge in [-0.2, -0.15) is 18.2 Å². The van der Waals surface area contributed by atoms with Gasteiger partial charge < -0.3 is 20.6 Å². The predicted molar refractivity (Wildman–Crippen MR) is 122 cm³/mol. The quantitative estimate of drug-likeness (QED) is 0.386. The van der Waals surface area contributed by atoms with Crippen LogP contribution in [0.3, 0.4) is 0 Å². The van der Waals surface area contributed by atoms with Crippen molar-refractivity contribution in [2.75, 3.05) is 0 Å². The Bertz CT molecular complexity index is 1520. The molecule has 2 unspecified atom stereocenters. The molecule has 0 spiro atoms. The first-order chi connectivity index (χ1) is 17.0. The molecule has 4 aromatic rings. The Labute approximate surface area is 202 Å². The van der Waals surface area contributed by atoms with Crippen molar-refractivity contribution in [3.63, 3.8) is 0 Å². The van der Waals surface area contributed by atoms with Gasteiger partial charge in [0.2, 0.25) is 0 Å². The van der Waals surface area contributed by atoms with Crippen LogP contribution in [-0.2, 0) is 11.9 Å². The number of hydrogen-bond acceptors (Lipinski definition) is 5. The molecule has 0 fully saturated rings. The second kappa shape index (κ2) is 8.09. The van der Waals surface area contributed by atoms with Gasteiger partial charge in [0, 0.05) is 16.7 Å². The zero-order valence-electron chi connectivity index (χ0n) is 18.7. The number of fused-ring (bicyclic) bond motifs is 2. The van der Waals surface area contributed by atoms with Crippen molar-refractivity contribution in [1.29, 1.82) is 0 Å². The number of rotatable bonds is 4. The maximum absolute atomic E-state index is 13.5. The molecule has 2 atom stereocenters. The number of hydrogen-bond donors (Lipinski definition) is 3. The number of carbonyl (C=O) groups excluding carboxylic acids is 2. The lowest BCUT2D eigenvalue weighted by molar-refractivity contribution is -0.137. The number of nitrogens with one attached hydrogen (secondary N) is 1. The number of ether oxygens (including phenoxy) is 1. The van der Waals surface area contributed by atoms with Crippen LogP contribution in [0.5, 0.6) is 6.01 Å². The second-order valence-corrected chi connectivity index (χ2v) is 8.39. The summed E-state index contributed by atoms with van der Waals surface area (Å²) in [5.41, 5.74) is 3.88. The molecule has 0 radical (unpaired) electrons. The molecule has 1 aromatic heterocycles. The van der Waals surface area contributed by atoms with Gasteiger partial charge in [-0.25, -0.2) is 4.79 Å². The monoisotopic (exact) mass is 496 g/mol. The standard InChI is InChI=1S/C25H19F3N4O4/c1-13(14-5-4-6-16(11-14)25(26,27)28)32-21(33)17-7-2-3-8-18(17)24(32,35)15-9-10-19-20(12-15)31-23(30-19)36-22(29)34/h2-13,35H,1H3,(H2,29,34)(H,30,31). The van der Waals surface area contributed by atoms with Gasteiger partial charge in [0.05, 0.1) is 22.6 Å². The summed E-state index contributed by atoms with van der Waals surface area (Å²) in [6.07, 6.45) is -5.63. The molecule has 1 aliphatic rings. The molecule has 0 saturated heterocycles. The van der Waals surface area contributed by atoms with Crippen molar-refractivity contribution in [3.8, 4) is 6.01 Å². The fraction of sp³-hybridized carbons (Fsp3) is 0.160. The van der Waals surface area contributed by atoms with E-state index in [4.69, 9.17) is 10.5 Å². The van der Waals surface area contributed by atoms with E-state index in [0.29, 0.717) is 11.0 Å². The second-order valence-electron chi connectivity index (χ2n) is 8.39.